The molecule has 1 aromatic heterocycles. The first-order valence-electron chi connectivity index (χ1n) is 4.64. The van der Waals surface area contributed by atoms with Gasteiger partial charge in [0.05, 0.1) is 5.02 Å². The van der Waals surface area contributed by atoms with Gasteiger partial charge in [-0.2, -0.15) is 0 Å². The third kappa shape index (κ3) is 3.62. The predicted molar refractivity (Wildman–Crippen MR) is 61.4 cm³/mol. The monoisotopic (exact) mass is 280 g/mol. The molecular weight excluding hydrogens is 271 g/mol. The van der Waals surface area contributed by atoms with Crippen LogP contribution >= 0.6 is 23.2 Å². The van der Waals surface area contributed by atoms with Gasteiger partial charge in [0.15, 0.2) is 0 Å². The first-order valence-corrected chi connectivity index (χ1v) is 5.39. The Kier molecular flexibility index (Phi) is 4.80. The fourth-order valence-corrected chi connectivity index (χ4v) is 1.46. The predicted octanol–water partition coefficient (Wildman–Crippen LogP) is 0.887. The van der Waals surface area contributed by atoms with Gasteiger partial charge in [0.1, 0.15) is 16.9 Å². The van der Waals surface area contributed by atoms with Crippen LogP contribution < -0.4 is 5.32 Å². The molecule has 1 heterocycles. The molecule has 0 aliphatic heterocycles. The lowest BCUT2D eigenvalue weighted by molar-refractivity contribution is -0.139. The molecule has 4 N–H and O–H groups in total. The standard InChI is InChI=1S/C9H10Cl2N2O4/c10-4-3-6(12-7(4)11)8(15)13-5(1-2-14)9(16)17/h3,5,12,14H,1-2H2,(H,13,15)(H,16,17). The van der Waals surface area contributed by atoms with Crippen LogP contribution in [0.1, 0.15) is 16.9 Å². The number of nitrogens with one attached hydrogen (secondary N) is 2. The number of rotatable bonds is 5. The number of aliphatic hydroxyl groups excluding tert-OH is 1. The van der Waals surface area contributed by atoms with E-state index in [-0.39, 0.29) is 28.9 Å². The van der Waals surface area contributed by atoms with Crippen molar-refractivity contribution in [1.82, 2.24) is 10.3 Å². The average molecular weight is 281 g/mol. The van der Waals surface area contributed by atoms with Crippen molar-refractivity contribution in [3.8, 4) is 0 Å². The number of carbonyl (C=O) groups is 2. The number of halogens is 2. The highest BCUT2D eigenvalue weighted by molar-refractivity contribution is 6.41. The number of aromatic amines is 1. The zero-order valence-corrected chi connectivity index (χ0v) is 10.0. The minimum atomic E-state index is -1.23. The van der Waals surface area contributed by atoms with E-state index in [1.54, 1.807) is 0 Å². The van der Waals surface area contributed by atoms with E-state index in [1.807, 2.05) is 0 Å². The van der Waals surface area contributed by atoms with E-state index in [0.717, 1.165) is 0 Å². The zero-order chi connectivity index (χ0) is 13.0. The smallest absolute Gasteiger partial charge is 0.326 e. The number of hydrogen-bond acceptors (Lipinski definition) is 3. The Hall–Kier alpha value is -1.24. The number of amides is 1. The van der Waals surface area contributed by atoms with Gasteiger partial charge in [0, 0.05) is 13.0 Å². The van der Waals surface area contributed by atoms with Crippen LogP contribution in [0.4, 0.5) is 0 Å². The number of aliphatic hydroxyl groups is 1. The molecule has 6 nitrogen and oxygen atoms in total. The lowest BCUT2D eigenvalue weighted by Crippen LogP contribution is -2.41. The second-order valence-corrected chi connectivity index (χ2v) is 4.01. The van der Waals surface area contributed by atoms with E-state index in [9.17, 15) is 9.59 Å². The van der Waals surface area contributed by atoms with E-state index >= 15 is 0 Å². The van der Waals surface area contributed by atoms with Gasteiger partial charge < -0.3 is 20.5 Å². The van der Waals surface area contributed by atoms with E-state index < -0.39 is 17.9 Å². The van der Waals surface area contributed by atoms with Crippen LogP contribution in [0.15, 0.2) is 6.07 Å². The molecule has 0 saturated carbocycles. The highest BCUT2D eigenvalue weighted by Crippen LogP contribution is 2.21. The molecule has 0 aliphatic carbocycles. The first-order chi connectivity index (χ1) is 7.95. The minimum absolute atomic E-state index is 0.0594. The van der Waals surface area contributed by atoms with Gasteiger partial charge in [0.2, 0.25) is 0 Å². The second kappa shape index (κ2) is 5.90. The van der Waals surface area contributed by atoms with Crippen molar-refractivity contribution in [1.29, 1.82) is 0 Å². The Labute approximate surface area is 107 Å². The molecule has 0 bridgehead atoms. The Morgan fingerprint density at radius 3 is 2.53 bits per heavy atom. The molecule has 8 heteroatoms. The summed E-state index contributed by atoms with van der Waals surface area (Å²) in [6.07, 6.45) is -0.0801. The highest BCUT2D eigenvalue weighted by atomic mass is 35.5. The van der Waals surface area contributed by atoms with Crippen LogP contribution in [0, 0.1) is 0 Å². The zero-order valence-electron chi connectivity index (χ0n) is 8.54. The molecule has 0 spiro atoms. The molecule has 1 rings (SSSR count). The third-order valence-corrected chi connectivity index (χ3v) is 2.68. The molecule has 1 atom stereocenters. The Bertz CT molecular complexity index is 413. The van der Waals surface area contributed by atoms with Crippen molar-refractivity contribution in [3.05, 3.63) is 21.9 Å². The fourth-order valence-electron chi connectivity index (χ4n) is 1.15. The van der Waals surface area contributed by atoms with Crippen LogP contribution in [-0.2, 0) is 4.79 Å². The number of carboxylic acids is 1. The van der Waals surface area contributed by atoms with Gasteiger partial charge in [0.25, 0.3) is 5.91 Å². The number of hydrogen-bond donors (Lipinski definition) is 4. The van der Waals surface area contributed by atoms with Crippen LogP contribution in [0.2, 0.25) is 10.2 Å². The molecule has 17 heavy (non-hydrogen) atoms. The molecule has 0 saturated heterocycles. The highest BCUT2D eigenvalue weighted by Gasteiger charge is 2.21. The number of carbonyl (C=O) groups excluding carboxylic acids is 1. The van der Waals surface area contributed by atoms with Crippen LogP contribution in [0.25, 0.3) is 0 Å². The SMILES string of the molecule is O=C(NC(CCO)C(=O)O)c1cc(Cl)c(Cl)[nH]1. The van der Waals surface area contributed by atoms with Crippen LogP contribution in [0.5, 0.6) is 0 Å². The second-order valence-electron chi connectivity index (χ2n) is 3.22. The summed E-state index contributed by atoms with van der Waals surface area (Å²) in [4.78, 5) is 24.8. The molecule has 0 aromatic carbocycles. The summed E-state index contributed by atoms with van der Waals surface area (Å²) in [7, 11) is 0. The van der Waals surface area contributed by atoms with E-state index in [4.69, 9.17) is 33.4 Å². The Morgan fingerprint density at radius 2 is 2.12 bits per heavy atom. The maximum atomic E-state index is 11.6. The van der Waals surface area contributed by atoms with E-state index in [0.29, 0.717) is 0 Å². The van der Waals surface area contributed by atoms with Crippen molar-refractivity contribution in [2.45, 2.75) is 12.5 Å². The van der Waals surface area contributed by atoms with Crippen molar-refractivity contribution >= 4 is 35.1 Å². The van der Waals surface area contributed by atoms with Crippen molar-refractivity contribution in [2.24, 2.45) is 0 Å². The van der Waals surface area contributed by atoms with E-state index in [2.05, 4.69) is 10.3 Å². The maximum absolute atomic E-state index is 11.6. The van der Waals surface area contributed by atoms with Crippen molar-refractivity contribution in [2.75, 3.05) is 6.61 Å². The summed E-state index contributed by atoms with van der Waals surface area (Å²) < 4.78 is 0. The number of H-pyrrole nitrogens is 1. The summed E-state index contributed by atoms with van der Waals surface area (Å²) in [6, 6.07) is 0.130. The third-order valence-electron chi connectivity index (χ3n) is 1.99. The van der Waals surface area contributed by atoms with Crippen molar-refractivity contribution in [3.63, 3.8) is 0 Å². The molecule has 0 fully saturated rings. The van der Waals surface area contributed by atoms with Gasteiger partial charge >= 0.3 is 5.97 Å². The lowest BCUT2D eigenvalue weighted by Gasteiger charge is -2.12. The fraction of sp³-hybridized carbons (Fsp3) is 0.333. The van der Waals surface area contributed by atoms with Gasteiger partial charge in [-0.05, 0) is 6.07 Å². The molecule has 0 radical (unpaired) electrons. The van der Waals surface area contributed by atoms with Gasteiger partial charge in [-0.3, -0.25) is 4.79 Å². The number of carboxylic acid groups (broad SMARTS) is 1. The Balaban J connectivity index is 2.73. The Morgan fingerprint density at radius 1 is 1.47 bits per heavy atom. The first kappa shape index (κ1) is 13.8. The van der Waals surface area contributed by atoms with Crippen LogP contribution in [0.3, 0.4) is 0 Å². The topological polar surface area (TPSA) is 102 Å². The number of aliphatic carboxylic acids is 1. The minimum Gasteiger partial charge on any atom is -0.480 e. The van der Waals surface area contributed by atoms with E-state index in [1.165, 1.54) is 6.07 Å². The summed E-state index contributed by atoms with van der Waals surface area (Å²) in [6.45, 7) is -0.344. The molecule has 1 amide bonds. The summed E-state index contributed by atoms with van der Waals surface area (Å²) in [5, 5.41) is 19.9. The molecular formula is C9H10Cl2N2O4. The molecule has 1 aromatic rings. The van der Waals surface area contributed by atoms with Gasteiger partial charge in [-0.25, -0.2) is 4.79 Å². The normalized spacial score (nSPS) is 12.2. The molecule has 1 unspecified atom stereocenters. The quantitative estimate of drug-likeness (QED) is 0.643. The van der Waals surface area contributed by atoms with Crippen molar-refractivity contribution < 1.29 is 19.8 Å². The summed E-state index contributed by atoms with van der Waals surface area (Å²) >= 11 is 11.2. The van der Waals surface area contributed by atoms with Gasteiger partial charge in [-0.1, -0.05) is 23.2 Å². The molecule has 94 valence electrons. The van der Waals surface area contributed by atoms with Crippen LogP contribution in [-0.4, -0.2) is 39.7 Å². The molecule has 0 aliphatic rings. The lowest BCUT2D eigenvalue weighted by atomic mass is 10.2. The summed E-state index contributed by atoms with van der Waals surface area (Å²) in [5.74, 6) is -1.88. The number of aromatic nitrogens is 1. The largest absolute Gasteiger partial charge is 0.480 e. The average Bonchev–Trinajstić information content (AvgIpc) is 2.58. The maximum Gasteiger partial charge on any atom is 0.326 e. The van der Waals surface area contributed by atoms with Gasteiger partial charge in [-0.15, -0.1) is 0 Å². The summed E-state index contributed by atoms with van der Waals surface area (Å²) in [5.41, 5.74) is 0.0594.